The number of nitrogens with one attached hydrogen (secondary N) is 1. The second-order valence-electron chi connectivity index (χ2n) is 9.39. The molecule has 0 spiro atoms. The van der Waals surface area contributed by atoms with Crippen LogP contribution in [0.4, 0.5) is 5.69 Å². The normalized spacial score (nSPS) is 19.2. The van der Waals surface area contributed by atoms with Crippen LogP contribution in [0.5, 0.6) is 17.2 Å². The Morgan fingerprint density at radius 2 is 1.69 bits per heavy atom. The van der Waals surface area contributed by atoms with Gasteiger partial charge in [0.25, 0.3) is 0 Å². The smallest absolute Gasteiger partial charge is 0.200 e. The minimum Gasteiger partial charge on any atom is -0.502 e. The Balaban J connectivity index is 1.79. The van der Waals surface area contributed by atoms with Gasteiger partial charge in [0.15, 0.2) is 17.3 Å². The summed E-state index contributed by atoms with van der Waals surface area (Å²) in [6.07, 6.45) is 1.32. The van der Waals surface area contributed by atoms with Crippen LogP contribution in [0.25, 0.3) is 16.3 Å². The van der Waals surface area contributed by atoms with Gasteiger partial charge in [-0.15, -0.1) is 0 Å². The van der Waals surface area contributed by atoms with E-state index in [-0.39, 0.29) is 23.0 Å². The Hall–Kier alpha value is -3.47. The van der Waals surface area contributed by atoms with Crippen LogP contribution in [0.1, 0.15) is 43.9 Å². The van der Waals surface area contributed by atoms with Crippen molar-refractivity contribution in [2.45, 2.75) is 32.7 Å². The van der Waals surface area contributed by atoms with Gasteiger partial charge in [-0.25, -0.2) is 0 Å². The number of hydrogen-bond acceptors (Lipinski definition) is 5. The molecule has 2 aliphatic rings. The van der Waals surface area contributed by atoms with Gasteiger partial charge < -0.3 is 19.9 Å². The SMILES string of the molecule is COc1cc([C@@H]2Nc3ccc4ccccc4c3C3=C2C(=O)CC(C)(C)C3)cc(OC)c1O. The molecule has 1 heterocycles. The zero-order valence-corrected chi connectivity index (χ0v) is 18.8. The number of fused-ring (bicyclic) bond motifs is 4. The van der Waals surface area contributed by atoms with E-state index in [0.29, 0.717) is 17.9 Å². The molecule has 32 heavy (non-hydrogen) atoms. The van der Waals surface area contributed by atoms with Crippen LogP contribution in [0, 0.1) is 5.41 Å². The zero-order chi connectivity index (χ0) is 22.6. The molecule has 5 heteroatoms. The van der Waals surface area contributed by atoms with Gasteiger partial charge in [0.2, 0.25) is 5.75 Å². The molecule has 5 nitrogen and oxygen atoms in total. The van der Waals surface area contributed by atoms with Crippen LogP contribution in [-0.4, -0.2) is 25.1 Å². The number of benzene rings is 3. The van der Waals surface area contributed by atoms with Gasteiger partial charge in [-0.1, -0.05) is 44.2 Å². The molecule has 1 aliphatic heterocycles. The van der Waals surface area contributed by atoms with E-state index in [2.05, 4.69) is 43.4 Å². The Morgan fingerprint density at radius 3 is 2.38 bits per heavy atom. The third-order valence-electron chi connectivity index (χ3n) is 6.57. The van der Waals surface area contributed by atoms with Crippen LogP contribution < -0.4 is 14.8 Å². The third-order valence-corrected chi connectivity index (χ3v) is 6.57. The lowest BCUT2D eigenvalue weighted by Crippen LogP contribution is -2.33. The first-order chi connectivity index (χ1) is 15.3. The summed E-state index contributed by atoms with van der Waals surface area (Å²) in [4.78, 5) is 13.5. The summed E-state index contributed by atoms with van der Waals surface area (Å²) in [7, 11) is 3.01. The molecule has 0 radical (unpaired) electrons. The third kappa shape index (κ3) is 3.11. The van der Waals surface area contributed by atoms with E-state index in [1.165, 1.54) is 14.2 Å². The molecule has 0 unspecified atom stereocenters. The molecule has 0 bridgehead atoms. The summed E-state index contributed by atoms with van der Waals surface area (Å²) in [5.41, 5.74) is 4.72. The van der Waals surface area contributed by atoms with E-state index in [4.69, 9.17) is 9.47 Å². The number of aromatic hydroxyl groups is 1. The minimum atomic E-state index is -0.356. The number of carbonyl (C=O) groups excluding carboxylic acids is 1. The summed E-state index contributed by atoms with van der Waals surface area (Å²) < 4.78 is 10.8. The van der Waals surface area contributed by atoms with Gasteiger partial charge >= 0.3 is 0 Å². The van der Waals surface area contributed by atoms with E-state index in [0.717, 1.165) is 45.2 Å². The van der Waals surface area contributed by atoms with Crippen LogP contribution in [0.2, 0.25) is 0 Å². The Labute approximate surface area is 187 Å². The van der Waals surface area contributed by atoms with E-state index in [1.54, 1.807) is 12.1 Å². The van der Waals surface area contributed by atoms with Crippen molar-refractivity contribution < 1.29 is 19.4 Å². The Morgan fingerprint density at radius 1 is 1.00 bits per heavy atom. The number of phenolic OH excluding ortho intramolecular Hbond substituents is 1. The van der Waals surface area contributed by atoms with Gasteiger partial charge in [-0.2, -0.15) is 0 Å². The van der Waals surface area contributed by atoms with Crippen LogP contribution in [0.15, 0.2) is 54.1 Å². The molecule has 1 aliphatic carbocycles. The van der Waals surface area contributed by atoms with Gasteiger partial charge in [-0.3, -0.25) is 4.79 Å². The number of phenols is 1. The van der Waals surface area contributed by atoms with E-state index in [9.17, 15) is 9.90 Å². The number of hydrogen-bond donors (Lipinski definition) is 2. The lowest BCUT2D eigenvalue weighted by atomic mass is 9.68. The highest BCUT2D eigenvalue weighted by atomic mass is 16.5. The summed E-state index contributed by atoms with van der Waals surface area (Å²) in [5.74, 6) is 0.733. The average Bonchev–Trinajstić information content (AvgIpc) is 2.77. The number of Topliss-reactive ketones (excluding diaryl/α,β-unsaturated/α-hetero) is 1. The maximum Gasteiger partial charge on any atom is 0.200 e. The maximum atomic E-state index is 13.5. The lowest BCUT2D eigenvalue weighted by molar-refractivity contribution is -0.118. The molecule has 3 aromatic rings. The topological polar surface area (TPSA) is 67.8 Å². The fourth-order valence-electron chi connectivity index (χ4n) is 5.17. The molecule has 0 amide bonds. The molecule has 5 rings (SSSR count). The second kappa shape index (κ2) is 7.30. The van der Waals surface area contributed by atoms with Gasteiger partial charge in [0.05, 0.1) is 20.3 Å². The molecule has 3 aromatic carbocycles. The summed E-state index contributed by atoms with van der Waals surface area (Å²) in [6.45, 7) is 4.31. The molecular formula is C27H27NO4. The first-order valence-corrected chi connectivity index (χ1v) is 10.8. The van der Waals surface area contributed by atoms with Crippen molar-refractivity contribution in [1.29, 1.82) is 0 Å². The van der Waals surface area contributed by atoms with E-state index in [1.807, 2.05) is 12.1 Å². The van der Waals surface area contributed by atoms with Crippen LogP contribution in [0.3, 0.4) is 0 Å². The fraction of sp³-hybridized carbons (Fsp3) is 0.296. The van der Waals surface area contributed by atoms with Crippen molar-refractivity contribution in [3.8, 4) is 17.2 Å². The molecule has 164 valence electrons. The average molecular weight is 430 g/mol. The predicted molar refractivity (Wildman–Crippen MR) is 126 cm³/mol. The molecular weight excluding hydrogens is 402 g/mol. The van der Waals surface area contributed by atoms with E-state index < -0.39 is 0 Å². The number of rotatable bonds is 3. The largest absolute Gasteiger partial charge is 0.502 e. The number of ketones is 1. The number of ether oxygens (including phenoxy) is 2. The van der Waals surface area contributed by atoms with Gasteiger partial charge in [0.1, 0.15) is 0 Å². The van der Waals surface area contributed by atoms with Crippen LogP contribution in [-0.2, 0) is 4.79 Å². The van der Waals surface area contributed by atoms with Gasteiger partial charge in [-0.05, 0) is 51.9 Å². The molecule has 0 saturated carbocycles. The standard InChI is InChI=1S/C27H27NO4/c1-27(2)13-18-23-17-8-6-5-7-15(17)9-10-19(23)28-25(24(18)20(29)14-27)16-11-21(31-3)26(30)22(12-16)32-4/h5-12,25,28,30H,13-14H2,1-4H3/t25-/m0/s1. The molecule has 2 N–H and O–H groups in total. The lowest BCUT2D eigenvalue weighted by Gasteiger charge is -2.40. The van der Waals surface area contributed by atoms with Crippen LogP contribution >= 0.6 is 0 Å². The summed E-state index contributed by atoms with van der Waals surface area (Å²) >= 11 is 0. The summed E-state index contributed by atoms with van der Waals surface area (Å²) in [5, 5.41) is 16.3. The maximum absolute atomic E-state index is 13.5. The number of methoxy groups -OCH3 is 2. The quantitative estimate of drug-likeness (QED) is 0.545. The highest BCUT2D eigenvalue weighted by Gasteiger charge is 2.41. The second-order valence-corrected chi connectivity index (χ2v) is 9.39. The first-order valence-electron chi connectivity index (χ1n) is 10.8. The van der Waals surface area contributed by atoms with Crippen molar-refractivity contribution in [2.24, 2.45) is 5.41 Å². The van der Waals surface area contributed by atoms with Crippen molar-refractivity contribution in [1.82, 2.24) is 0 Å². The summed E-state index contributed by atoms with van der Waals surface area (Å²) in [6, 6.07) is 15.7. The first kappa shape index (κ1) is 20.4. The van der Waals surface area contributed by atoms with Crippen molar-refractivity contribution in [3.63, 3.8) is 0 Å². The Bertz CT molecular complexity index is 1260. The molecule has 0 fully saturated rings. The highest BCUT2D eigenvalue weighted by molar-refractivity contribution is 6.12. The number of allylic oxidation sites excluding steroid dienone is 1. The number of anilines is 1. The fourth-order valence-corrected chi connectivity index (χ4v) is 5.17. The molecule has 0 saturated heterocycles. The van der Waals surface area contributed by atoms with Crippen molar-refractivity contribution >= 4 is 27.8 Å². The van der Waals surface area contributed by atoms with E-state index >= 15 is 0 Å². The minimum absolute atomic E-state index is 0.0498. The number of carbonyl (C=O) groups is 1. The van der Waals surface area contributed by atoms with Gasteiger partial charge in [0, 0.05) is 23.2 Å². The molecule has 0 aromatic heterocycles. The zero-order valence-electron chi connectivity index (χ0n) is 18.8. The highest BCUT2D eigenvalue weighted by Crippen LogP contribution is 2.53. The Kier molecular flexibility index (Phi) is 4.66. The predicted octanol–water partition coefficient (Wildman–Crippen LogP) is 5.87. The van der Waals surface area contributed by atoms with Crippen molar-refractivity contribution in [2.75, 3.05) is 19.5 Å². The molecule has 1 atom stereocenters. The van der Waals surface area contributed by atoms with Crippen molar-refractivity contribution in [3.05, 3.63) is 65.2 Å². The monoisotopic (exact) mass is 429 g/mol.